The van der Waals surface area contributed by atoms with Crippen LogP contribution in [0.1, 0.15) is 48.9 Å². The molecule has 1 aliphatic carbocycles. The fourth-order valence-electron chi connectivity index (χ4n) is 4.08. The molecule has 1 saturated heterocycles. The summed E-state index contributed by atoms with van der Waals surface area (Å²) >= 11 is 6.26. The van der Waals surface area contributed by atoms with Crippen LogP contribution in [0.25, 0.3) is 0 Å². The van der Waals surface area contributed by atoms with Crippen LogP contribution in [0.4, 0.5) is 0 Å². The lowest BCUT2D eigenvalue weighted by atomic mass is 9.78. The van der Waals surface area contributed by atoms with Crippen LogP contribution in [0.5, 0.6) is 11.5 Å². The van der Waals surface area contributed by atoms with Crippen LogP contribution in [0.2, 0.25) is 5.02 Å². The monoisotopic (exact) mass is 337 g/mol. The molecule has 23 heavy (non-hydrogen) atoms. The largest absolute Gasteiger partial charge is 0.493 e. The molecule has 0 radical (unpaired) electrons. The molecule has 3 rings (SSSR count). The number of carbonyl (C=O) groups is 1. The minimum atomic E-state index is 0.0597. The van der Waals surface area contributed by atoms with Crippen LogP contribution in [0, 0.1) is 5.92 Å². The van der Waals surface area contributed by atoms with Gasteiger partial charge in [0.15, 0.2) is 11.5 Å². The maximum Gasteiger partial charge on any atom is 0.254 e. The van der Waals surface area contributed by atoms with Crippen molar-refractivity contribution in [2.75, 3.05) is 20.8 Å². The zero-order valence-corrected chi connectivity index (χ0v) is 14.6. The van der Waals surface area contributed by atoms with Gasteiger partial charge >= 0.3 is 0 Å². The van der Waals surface area contributed by atoms with E-state index in [9.17, 15) is 4.79 Å². The summed E-state index contributed by atoms with van der Waals surface area (Å²) in [6, 6.07) is 3.81. The Morgan fingerprint density at radius 3 is 2.61 bits per heavy atom. The fourth-order valence-corrected chi connectivity index (χ4v) is 4.37. The maximum atomic E-state index is 13.0. The standard InChI is InChI=1S/C18H24ClNO3/c1-22-16-11-13(10-14(19)17(16)23-2)18(21)20-9-5-7-12-6-3-4-8-15(12)20/h10-12,15H,3-9H2,1-2H3/t12-,15-/m1/s1. The molecule has 2 atom stereocenters. The molecule has 0 unspecified atom stereocenters. The van der Waals surface area contributed by atoms with E-state index in [1.54, 1.807) is 26.4 Å². The Morgan fingerprint density at radius 2 is 1.87 bits per heavy atom. The highest BCUT2D eigenvalue weighted by atomic mass is 35.5. The molecule has 2 aliphatic rings. The Labute approximate surface area is 142 Å². The zero-order chi connectivity index (χ0) is 16.4. The van der Waals surface area contributed by atoms with Gasteiger partial charge in [0.25, 0.3) is 5.91 Å². The second-order valence-corrected chi connectivity index (χ2v) is 6.85. The third-order valence-corrected chi connectivity index (χ3v) is 5.47. The van der Waals surface area contributed by atoms with Crippen molar-refractivity contribution in [3.05, 3.63) is 22.7 Å². The molecule has 2 fully saturated rings. The number of rotatable bonds is 3. The first-order valence-electron chi connectivity index (χ1n) is 8.38. The molecule has 1 aromatic carbocycles. The number of benzene rings is 1. The molecule has 0 aromatic heterocycles. The molecule has 1 heterocycles. The van der Waals surface area contributed by atoms with E-state index in [1.807, 2.05) is 0 Å². The molecule has 0 N–H and O–H groups in total. The number of carbonyl (C=O) groups excluding carboxylic acids is 1. The lowest BCUT2D eigenvalue weighted by Crippen LogP contribution is -2.49. The highest BCUT2D eigenvalue weighted by Crippen LogP contribution is 2.39. The number of halogens is 1. The van der Waals surface area contributed by atoms with Crippen LogP contribution in [-0.4, -0.2) is 37.6 Å². The minimum absolute atomic E-state index is 0.0597. The summed E-state index contributed by atoms with van der Waals surface area (Å²) in [6.45, 7) is 0.839. The van der Waals surface area contributed by atoms with Crippen molar-refractivity contribution in [2.45, 2.75) is 44.6 Å². The number of piperidine rings is 1. The summed E-state index contributed by atoms with van der Waals surface area (Å²) in [7, 11) is 3.10. The highest BCUT2D eigenvalue weighted by Gasteiger charge is 2.36. The van der Waals surface area contributed by atoms with Crippen LogP contribution >= 0.6 is 11.6 Å². The summed E-state index contributed by atoms with van der Waals surface area (Å²) in [4.78, 5) is 15.1. The maximum absolute atomic E-state index is 13.0. The van der Waals surface area contributed by atoms with Gasteiger partial charge in [-0.05, 0) is 43.7 Å². The second kappa shape index (κ2) is 7.00. The van der Waals surface area contributed by atoms with Crippen molar-refractivity contribution < 1.29 is 14.3 Å². The molecular formula is C18H24ClNO3. The van der Waals surface area contributed by atoms with E-state index < -0.39 is 0 Å². The quantitative estimate of drug-likeness (QED) is 0.831. The molecule has 1 aliphatic heterocycles. The van der Waals surface area contributed by atoms with E-state index >= 15 is 0 Å². The van der Waals surface area contributed by atoms with E-state index in [1.165, 1.54) is 25.7 Å². The molecular weight excluding hydrogens is 314 g/mol. The normalized spacial score (nSPS) is 24.0. The van der Waals surface area contributed by atoms with E-state index in [0.29, 0.717) is 34.0 Å². The van der Waals surface area contributed by atoms with Crippen LogP contribution in [0.3, 0.4) is 0 Å². The van der Waals surface area contributed by atoms with Crippen molar-refractivity contribution in [3.63, 3.8) is 0 Å². The van der Waals surface area contributed by atoms with Gasteiger partial charge in [0.2, 0.25) is 0 Å². The number of ether oxygens (including phenoxy) is 2. The predicted molar refractivity (Wildman–Crippen MR) is 90.6 cm³/mol. The number of likely N-dealkylation sites (tertiary alicyclic amines) is 1. The Balaban J connectivity index is 1.88. The van der Waals surface area contributed by atoms with Gasteiger partial charge in [0.1, 0.15) is 0 Å². The Morgan fingerprint density at radius 1 is 1.13 bits per heavy atom. The first kappa shape index (κ1) is 16.4. The molecule has 1 aromatic rings. The summed E-state index contributed by atoms with van der Waals surface area (Å²) in [6.07, 6.45) is 7.23. The van der Waals surface area contributed by atoms with Crippen LogP contribution in [0.15, 0.2) is 12.1 Å². The summed E-state index contributed by atoms with van der Waals surface area (Å²) < 4.78 is 10.6. The SMILES string of the molecule is COc1cc(C(=O)N2CCC[C@H]3CCCC[C@H]32)cc(Cl)c1OC. The van der Waals surface area contributed by atoms with Crippen molar-refractivity contribution in [1.29, 1.82) is 0 Å². The van der Waals surface area contributed by atoms with Gasteiger partial charge in [0.05, 0.1) is 19.2 Å². The van der Waals surface area contributed by atoms with E-state index in [0.717, 1.165) is 19.4 Å². The molecule has 126 valence electrons. The van der Waals surface area contributed by atoms with Crippen LogP contribution in [-0.2, 0) is 0 Å². The molecule has 0 spiro atoms. The van der Waals surface area contributed by atoms with Crippen molar-refractivity contribution in [1.82, 2.24) is 4.90 Å². The topological polar surface area (TPSA) is 38.8 Å². The fraction of sp³-hybridized carbons (Fsp3) is 0.611. The van der Waals surface area contributed by atoms with Gasteiger partial charge in [-0.1, -0.05) is 24.4 Å². The Hall–Kier alpha value is -1.42. The molecule has 1 amide bonds. The summed E-state index contributed by atoms with van der Waals surface area (Å²) in [5.41, 5.74) is 0.582. The van der Waals surface area contributed by atoms with Crippen molar-refractivity contribution in [2.24, 2.45) is 5.92 Å². The smallest absolute Gasteiger partial charge is 0.254 e. The van der Waals surface area contributed by atoms with E-state index in [4.69, 9.17) is 21.1 Å². The molecule has 0 bridgehead atoms. The number of amides is 1. The third kappa shape index (κ3) is 3.14. The number of methoxy groups -OCH3 is 2. The highest BCUT2D eigenvalue weighted by molar-refractivity contribution is 6.32. The summed E-state index contributed by atoms with van der Waals surface area (Å²) in [5, 5.41) is 0.410. The minimum Gasteiger partial charge on any atom is -0.493 e. The van der Waals surface area contributed by atoms with E-state index in [2.05, 4.69) is 4.90 Å². The van der Waals surface area contributed by atoms with Crippen LogP contribution < -0.4 is 9.47 Å². The molecule has 4 nitrogen and oxygen atoms in total. The van der Waals surface area contributed by atoms with Gasteiger partial charge in [0, 0.05) is 18.2 Å². The van der Waals surface area contributed by atoms with Gasteiger partial charge < -0.3 is 14.4 Å². The Bertz CT molecular complexity index is 588. The summed E-state index contributed by atoms with van der Waals surface area (Å²) in [5.74, 6) is 1.70. The molecule has 1 saturated carbocycles. The Kier molecular flexibility index (Phi) is 5.00. The molecule has 5 heteroatoms. The number of fused-ring (bicyclic) bond motifs is 1. The zero-order valence-electron chi connectivity index (χ0n) is 13.8. The van der Waals surface area contributed by atoms with Gasteiger partial charge in [-0.15, -0.1) is 0 Å². The van der Waals surface area contributed by atoms with Gasteiger partial charge in [-0.25, -0.2) is 0 Å². The first-order chi connectivity index (χ1) is 11.2. The first-order valence-corrected chi connectivity index (χ1v) is 8.76. The average Bonchev–Trinajstić information content (AvgIpc) is 2.59. The lowest BCUT2D eigenvalue weighted by Gasteiger charge is -2.44. The van der Waals surface area contributed by atoms with Gasteiger partial charge in [-0.2, -0.15) is 0 Å². The van der Waals surface area contributed by atoms with Crippen molar-refractivity contribution >= 4 is 17.5 Å². The number of nitrogens with zero attached hydrogens (tertiary/aromatic N) is 1. The second-order valence-electron chi connectivity index (χ2n) is 6.45. The average molecular weight is 338 g/mol. The number of hydrogen-bond acceptors (Lipinski definition) is 3. The van der Waals surface area contributed by atoms with E-state index in [-0.39, 0.29) is 5.91 Å². The number of hydrogen-bond donors (Lipinski definition) is 0. The lowest BCUT2D eigenvalue weighted by molar-refractivity contribution is 0.0390. The van der Waals surface area contributed by atoms with Crippen molar-refractivity contribution in [3.8, 4) is 11.5 Å². The van der Waals surface area contributed by atoms with Gasteiger partial charge in [-0.3, -0.25) is 4.79 Å². The predicted octanol–water partition coefficient (Wildman–Crippen LogP) is 4.15. The third-order valence-electron chi connectivity index (χ3n) is 5.18.